The van der Waals surface area contributed by atoms with Gasteiger partial charge in [0.1, 0.15) is 0 Å². The van der Waals surface area contributed by atoms with Crippen LogP contribution < -0.4 is 5.32 Å². The number of amides is 1. The lowest BCUT2D eigenvalue weighted by atomic mass is 9.44. The number of oxime groups is 1. The largest absolute Gasteiger partial charge is 0.435 e. The highest BCUT2D eigenvalue weighted by Crippen LogP contribution is 2.67. The number of nitrogens with zero attached hydrogens (tertiary/aromatic N) is 2. The molecule has 6 heteroatoms. The lowest BCUT2D eigenvalue weighted by Gasteiger charge is -2.61. The van der Waals surface area contributed by atoms with E-state index in [0.717, 1.165) is 55.7 Å². The molecule has 0 aromatic heterocycles. The Bertz CT molecular complexity index is 832. The van der Waals surface area contributed by atoms with E-state index in [1.54, 1.807) is 4.90 Å². The predicted octanol–water partition coefficient (Wildman–Crippen LogP) is 5.45. The van der Waals surface area contributed by atoms with Gasteiger partial charge in [-0.3, -0.25) is 4.84 Å². The SMILES string of the molecule is C/C(=N\OC(=O)N(C)CC1NCCC1C)[C@H]1CC[C@H]2[C@@H]3CC[C@H]4C[C@@H](O)CC[C@]4(C)[C@H]3CC[C@]12C. The number of rotatable bonds is 4. The normalized spacial score (nSPS) is 47.5. The quantitative estimate of drug-likeness (QED) is 0.314. The number of carbonyl (C=O) groups is 1. The van der Waals surface area contributed by atoms with Crippen molar-refractivity contribution in [2.75, 3.05) is 20.1 Å². The van der Waals surface area contributed by atoms with Crippen LogP contribution in [0.5, 0.6) is 0 Å². The molecular formula is C29H49N3O3. The number of hydrogen-bond acceptors (Lipinski definition) is 5. The molecule has 35 heavy (non-hydrogen) atoms. The highest BCUT2D eigenvalue weighted by atomic mass is 16.7. The smallest absolute Gasteiger partial charge is 0.393 e. The second-order valence-corrected chi connectivity index (χ2v) is 13.6. The van der Waals surface area contributed by atoms with Gasteiger partial charge in [-0.05, 0) is 118 Å². The average molecular weight is 488 g/mol. The zero-order valence-electron chi connectivity index (χ0n) is 22.8. The Morgan fingerprint density at radius 3 is 2.54 bits per heavy atom. The predicted molar refractivity (Wildman–Crippen MR) is 139 cm³/mol. The molecule has 198 valence electrons. The molecule has 4 aliphatic carbocycles. The number of aliphatic hydroxyl groups is 1. The molecule has 1 amide bonds. The summed E-state index contributed by atoms with van der Waals surface area (Å²) in [6.07, 6.45) is 11.6. The fourth-order valence-corrected chi connectivity index (χ4v) is 9.68. The summed E-state index contributed by atoms with van der Waals surface area (Å²) in [5, 5.41) is 18.2. The van der Waals surface area contributed by atoms with Crippen LogP contribution in [0.4, 0.5) is 4.79 Å². The third-order valence-electron chi connectivity index (χ3n) is 11.9. The van der Waals surface area contributed by atoms with Gasteiger partial charge in [-0.1, -0.05) is 25.9 Å². The van der Waals surface area contributed by atoms with Crippen LogP contribution >= 0.6 is 0 Å². The first-order valence-electron chi connectivity index (χ1n) is 14.5. The van der Waals surface area contributed by atoms with Crippen LogP contribution in [0.15, 0.2) is 5.16 Å². The zero-order chi connectivity index (χ0) is 25.0. The summed E-state index contributed by atoms with van der Waals surface area (Å²) in [7, 11) is 1.81. The molecule has 5 rings (SSSR count). The number of nitrogens with one attached hydrogen (secondary N) is 1. The second-order valence-electron chi connectivity index (χ2n) is 13.6. The van der Waals surface area contributed by atoms with Crippen molar-refractivity contribution in [1.82, 2.24) is 10.2 Å². The molecular weight excluding hydrogens is 438 g/mol. The second kappa shape index (κ2) is 9.63. The summed E-state index contributed by atoms with van der Waals surface area (Å²) >= 11 is 0. The molecule has 0 aromatic rings. The minimum absolute atomic E-state index is 0.0761. The number of carbonyl (C=O) groups excluding carboxylic acids is 1. The van der Waals surface area contributed by atoms with Gasteiger partial charge in [0.15, 0.2) is 0 Å². The lowest BCUT2D eigenvalue weighted by molar-refractivity contribution is -0.123. The van der Waals surface area contributed by atoms with Gasteiger partial charge in [0.05, 0.1) is 11.8 Å². The molecule has 2 unspecified atom stereocenters. The summed E-state index contributed by atoms with van der Waals surface area (Å²) in [5.74, 6) is 4.04. The van der Waals surface area contributed by atoms with Crippen molar-refractivity contribution >= 4 is 11.8 Å². The summed E-state index contributed by atoms with van der Waals surface area (Å²) < 4.78 is 0. The number of likely N-dealkylation sites (N-methyl/N-ethyl adjacent to an activating group) is 1. The highest BCUT2D eigenvalue weighted by Gasteiger charge is 2.60. The van der Waals surface area contributed by atoms with Gasteiger partial charge in [-0.15, -0.1) is 0 Å². The highest BCUT2D eigenvalue weighted by molar-refractivity contribution is 5.85. The number of hydrogen-bond donors (Lipinski definition) is 2. The van der Waals surface area contributed by atoms with Crippen LogP contribution in [0, 0.1) is 46.3 Å². The van der Waals surface area contributed by atoms with E-state index in [-0.39, 0.29) is 17.6 Å². The van der Waals surface area contributed by atoms with Crippen LogP contribution in [-0.4, -0.2) is 54.1 Å². The van der Waals surface area contributed by atoms with Gasteiger partial charge in [0.25, 0.3) is 0 Å². The first-order valence-corrected chi connectivity index (χ1v) is 14.5. The van der Waals surface area contributed by atoms with Crippen molar-refractivity contribution in [3.8, 4) is 0 Å². The maximum atomic E-state index is 12.7. The maximum Gasteiger partial charge on any atom is 0.435 e. The standard InChI is InChI=1S/C29H49N3O3/c1-18-12-15-30-26(18)17-32(5)27(34)35-31-19(2)23-8-9-24-22-7-6-20-16-21(33)10-13-28(20,3)25(22)11-14-29(23,24)4/h18,20-26,30,33H,6-17H2,1-5H3/b31-19+/t18?,20-,21-,22-,23+,24-,25-,26?,28-,29+/m0/s1. The molecule has 6 nitrogen and oxygen atoms in total. The zero-order valence-corrected chi connectivity index (χ0v) is 22.8. The van der Waals surface area contributed by atoms with Crippen molar-refractivity contribution in [3.05, 3.63) is 0 Å². The van der Waals surface area contributed by atoms with E-state index in [9.17, 15) is 9.90 Å². The van der Waals surface area contributed by atoms with E-state index in [2.05, 4.69) is 38.2 Å². The lowest BCUT2D eigenvalue weighted by Crippen LogP contribution is -2.54. The fourth-order valence-electron chi connectivity index (χ4n) is 9.68. The fraction of sp³-hybridized carbons (Fsp3) is 0.931. The van der Waals surface area contributed by atoms with E-state index < -0.39 is 0 Å². The molecule has 10 atom stereocenters. The van der Waals surface area contributed by atoms with Crippen LogP contribution in [0.3, 0.4) is 0 Å². The number of aliphatic hydroxyl groups excluding tert-OH is 1. The maximum absolute atomic E-state index is 12.7. The van der Waals surface area contributed by atoms with E-state index in [1.165, 1.54) is 38.5 Å². The molecule has 0 spiro atoms. The van der Waals surface area contributed by atoms with Crippen molar-refractivity contribution in [3.63, 3.8) is 0 Å². The Balaban J connectivity index is 1.23. The molecule has 1 heterocycles. The molecule has 2 N–H and O–H groups in total. The van der Waals surface area contributed by atoms with Gasteiger partial charge in [0.2, 0.25) is 0 Å². The van der Waals surface area contributed by atoms with Gasteiger partial charge in [-0.2, -0.15) is 0 Å². The van der Waals surface area contributed by atoms with Gasteiger partial charge >= 0.3 is 6.09 Å². The molecule has 0 aromatic carbocycles. The van der Waals surface area contributed by atoms with E-state index in [0.29, 0.717) is 35.8 Å². The Morgan fingerprint density at radius 1 is 1.06 bits per heavy atom. The molecule has 0 bridgehead atoms. The molecule has 4 saturated carbocycles. The Labute approximate surface area is 212 Å². The Hall–Kier alpha value is -1.14. The summed E-state index contributed by atoms with van der Waals surface area (Å²) in [6, 6.07) is 0.340. The Kier molecular flexibility index (Phi) is 7.02. The number of fused-ring (bicyclic) bond motifs is 5. The molecule has 5 aliphatic rings. The van der Waals surface area contributed by atoms with Gasteiger partial charge in [-0.25, -0.2) is 4.79 Å². The van der Waals surface area contributed by atoms with Crippen LogP contribution in [0.25, 0.3) is 0 Å². The average Bonchev–Trinajstić information content (AvgIpc) is 3.39. The molecule has 5 fully saturated rings. The first-order chi connectivity index (χ1) is 16.6. The van der Waals surface area contributed by atoms with Crippen LogP contribution in [0.1, 0.15) is 91.9 Å². The third-order valence-corrected chi connectivity index (χ3v) is 11.9. The van der Waals surface area contributed by atoms with Gasteiger partial charge in [0, 0.05) is 25.6 Å². The minimum atomic E-state index is -0.348. The van der Waals surface area contributed by atoms with E-state index >= 15 is 0 Å². The molecule has 0 radical (unpaired) electrons. The first kappa shape index (κ1) is 25.5. The Morgan fingerprint density at radius 2 is 1.80 bits per heavy atom. The topological polar surface area (TPSA) is 74.2 Å². The molecule has 1 saturated heterocycles. The van der Waals surface area contributed by atoms with Crippen molar-refractivity contribution in [2.45, 2.75) is 104 Å². The summed E-state index contributed by atoms with van der Waals surface area (Å²) in [5.41, 5.74) is 1.67. The minimum Gasteiger partial charge on any atom is -0.393 e. The van der Waals surface area contributed by atoms with Crippen molar-refractivity contribution < 1.29 is 14.7 Å². The van der Waals surface area contributed by atoms with E-state index in [4.69, 9.17) is 4.84 Å². The van der Waals surface area contributed by atoms with Crippen molar-refractivity contribution in [2.24, 2.45) is 51.5 Å². The monoisotopic (exact) mass is 487 g/mol. The van der Waals surface area contributed by atoms with Crippen LogP contribution in [0.2, 0.25) is 0 Å². The summed E-state index contributed by atoms with van der Waals surface area (Å²) in [6.45, 7) is 11.1. The summed E-state index contributed by atoms with van der Waals surface area (Å²) in [4.78, 5) is 19.8. The van der Waals surface area contributed by atoms with Crippen molar-refractivity contribution in [1.29, 1.82) is 0 Å². The van der Waals surface area contributed by atoms with Gasteiger partial charge < -0.3 is 15.3 Å². The van der Waals surface area contributed by atoms with Crippen LogP contribution in [-0.2, 0) is 4.84 Å². The van der Waals surface area contributed by atoms with E-state index in [1.807, 2.05) is 7.05 Å². The third kappa shape index (κ3) is 4.45. The molecule has 1 aliphatic heterocycles.